The van der Waals surface area contributed by atoms with E-state index in [2.05, 4.69) is 3.77 Å². The van der Waals surface area contributed by atoms with Crippen molar-refractivity contribution in [1.29, 1.82) is 0 Å². The summed E-state index contributed by atoms with van der Waals surface area (Å²) in [6, 6.07) is 6.71. The van der Waals surface area contributed by atoms with Gasteiger partial charge in [-0.25, -0.2) is 4.21 Å². The molecule has 16 heavy (non-hydrogen) atoms. The van der Waals surface area contributed by atoms with Crippen LogP contribution in [0.3, 0.4) is 0 Å². The number of halogens is 1. The van der Waals surface area contributed by atoms with Gasteiger partial charge < -0.3 is 0 Å². The molecule has 0 aliphatic rings. The summed E-state index contributed by atoms with van der Waals surface area (Å²) in [5.41, 5.74) is 0.996. The molecule has 0 N–H and O–H groups in total. The van der Waals surface area contributed by atoms with Crippen molar-refractivity contribution >= 4 is 29.6 Å². The Kier molecular flexibility index (Phi) is 3.98. The van der Waals surface area contributed by atoms with Crippen LogP contribution >= 0.6 is 10.7 Å². The highest BCUT2D eigenvalue weighted by atomic mass is 35.7. The normalized spacial score (nSPS) is 15.4. The van der Waals surface area contributed by atoms with Crippen LogP contribution in [0.25, 0.3) is 0 Å². The van der Waals surface area contributed by atoms with E-state index in [1.807, 2.05) is 6.92 Å². The Balaban J connectivity index is 3.43. The molecule has 0 aromatic heterocycles. The Morgan fingerprint density at radius 3 is 2.06 bits per heavy atom. The van der Waals surface area contributed by atoms with Crippen molar-refractivity contribution in [3.8, 4) is 0 Å². The lowest BCUT2D eigenvalue weighted by Crippen LogP contribution is -2.05. The van der Waals surface area contributed by atoms with Gasteiger partial charge in [-0.1, -0.05) is 28.4 Å². The maximum absolute atomic E-state index is 12.3. The first-order valence-corrected chi connectivity index (χ1v) is 8.49. The van der Waals surface area contributed by atoms with E-state index in [0.29, 0.717) is 4.90 Å². The molecule has 1 atom stereocenters. The second-order valence-electron chi connectivity index (χ2n) is 3.23. The highest BCUT2D eigenvalue weighted by Gasteiger charge is 2.14. The summed E-state index contributed by atoms with van der Waals surface area (Å²) >= 11 is 0. The summed E-state index contributed by atoms with van der Waals surface area (Å²) < 4.78 is 37.2. The quantitative estimate of drug-likeness (QED) is 0.799. The van der Waals surface area contributed by atoms with Gasteiger partial charge in [0.2, 0.25) is 0 Å². The lowest BCUT2D eigenvalue weighted by atomic mass is 10.2. The molecule has 1 unspecified atom stereocenters. The average Bonchev–Trinajstić information content (AvgIpc) is 2.16. The van der Waals surface area contributed by atoms with E-state index < -0.39 is 19.0 Å². The molecule has 0 saturated heterocycles. The van der Waals surface area contributed by atoms with Gasteiger partial charge in [-0.2, -0.15) is 8.42 Å². The molecule has 1 aromatic carbocycles. The van der Waals surface area contributed by atoms with Gasteiger partial charge in [0.25, 0.3) is 0 Å². The summed E-state index contributed by atoms with van der Waals surface area (Å²) in [7, 11) is -2.10. The van der Waals surface area contributed by atoms with Crippen LogP contribution in [0.5, 0.6) is 0 Å². The summed E-state index contributed by atoms with van der Waals surface area (Å²) in [5, 5.41) is 0. The van der Waals surface area contributed by atoms with E-state index in [1.165, 1.54) is 0 Å². The maximum atomic E-state index is 12.3. The molecule has 4 nitrogen and oxygen atoms in total. The zero-order chi connectivity index (χ0) is 12.4. The lowest BCUT2D eigenvalue weighted by molar-refractivity contribution is 0.611. The van der Waals surface area contributed by atoms with Crippen LogP contribution in [0.15, 0.2) is 32.9 Å². The van der Waals surface area contributed by atoms with Crippen LogP contribution < -0.4 is 0 Å². The monoisotopic (exact) mass is 281 g/mol. The van der Waals surface area contributed by atoms with Gasteiger partial charge in [-0.15, -0.1) is 0 Å². The molecule has 90 valence electrons. The molecule has 0 spiro atoms. The van der Waals surface area contributed by atoms with Crippen LogP contribution in [0.4, 0.5) is 0 Å². The number of aryl methyl sites for hydroxylation is 1. The molecule has 0 bridgehead atoms. The third-order valence-corrected chi connectivity index (χ3v) is 5.96. The van der Waals surface area contributed by atoms with E-state index in [4.69, 9.17) is 10.7 Å². The summed E-state index contributed by atoms with van der Waals surface area (Å²) in [6.07, 6.45) is 0. The minimum Gasteiger partial charge on any atom is -0.244 e. The van der Waals surface area contributed by atoms with Crippen LogP contribution in [0.2, 0.25) is 0 Å². The zero-order valence-corrected chi connectivity index (χ0v) is 11.3. The van der Waals surface area contributed by atoms with Crippen molar-refractivity contribution in [2.24, 2.45) is 3.77 Å². The van der Waals surface area contributed by atoms with Crippen molar-refractivity contribution in [2.75, 3.05) is 5.75 Å². The molecule has 0 aliphatic carbocycles. The zero-order valence-electron chi connectivity index (χ0n) is 8.88. The largest absolute Gasteiger partial charge is 0.347 e. The number of hydrogen-bond donors (Lipinski definition) is 0. The Hall–Kier alpha value is -0.590. The van der Waals surface area contributed by atoms with Gasteiger partial charge in [-0.05, 0) is 19.1 Å². The highest BCUT2D eigenvalue weighted by Crippen LogP contribution is 2.17. The molecule has 1 rings (SSSR count). The van der Waals surface area contributed by atoms with Crippen LogP contribution in [0, 0.1) is 6.92 Å². The van der Waals surface area contributed by atoms with E-state index >= 15 is 0 Å². The van der Waals surface area contributed by atoms with Crippen molar-refractivity contribution in [3.63, 3.8) is 0 Å². The molecule has 0 heterocycles. The molecule has 0 fully saturated rings. The van der Waals surface area contributed by atoms with Crippen molar-refractivity contribution in [1.82, 2.24) is 0 Å². The lowest BCUT2D eigenvalue weighted by Gasteiger charge is -2.06. The molecule has 0 radical (unpaired) electrons. The van der Waals surface area contributed by atoms with Gasteiger partial charge >= 0.3 is 9.24 Å². The Morgan fingerprint density at radius 2 is 1.69 bits per heavy atom. The van der Waals surface area contributed by atoms with Gasteiger partial charge in [0.1, 0.15) is 0 Å². The van der Waals surface area contributed by atoms with Crippen molar-refractivity contribution in [3.05, 3.63) is 29.8 Å². The Morgan fingerprint density at radius 1 is 1.19 bits per heavy atom. The Labute approximate surface area is 100 Å². The maximum Gasteiger partial charge on any atom is 0.347 e. The highest BCUT2D eigenvalue weighted by molar-refractivity contribution is 8.17. The predicted octanol–water partition coefficient (Wildman–Crippen LogP) is 2.33. The fourth-order valence-corrected chi connectivity index (χ4v) is 4.79. The summed E-state index contributed by atoms with van der Waals surface area (Å²) in [6.45, 7) is 3.49. The number of rotatable bonds is 3. The minimum absolute atomic E-state index is 0.0992. The first-order valence-electron chi connectivity index (χ1n) is 4.54. The first-order chi connectivity index (χ1) is 7.27. The predicted molar refractivity (Wildman–Crippen MR) is 65.3 cm³/mol. The first kappa shape index (κ1) is 13.5. The number of nitrogens with zero attached hydrogens (tertiary/aromatic N) is 1. The van der Waals surface area contributed by atoms with E-state index in [1.54, 1.807) is 31.2 Å². The third kappa shape index (κ3) is 3.47. The van der Waals surface area contributed by atoms with Gasteiger partial charge in [0.05, 0.1) is 9.73 Å². The second-order valence-corrected chi connectivity index (χ2v) is 8.15. The average molecular weight is 282 g/mol. The van der Waals surface area contributed by atoms with Crippen molar-refractivity contribution < 1.29 is 12.6 Å². The second kappa shape index (κ2) is 4.73. The fourth-order valence-electron chi connectivity index (χ4n) is 1.16. The smallest absolute Gasteiger partial charge is 0.244 e. The van der Waals surface area contributed by atoms with E-state index in [0.717, 1.165) is 5.56 Å². The van der Waals surface area contributed by atoms with Crippen LogP contribution in [-0.2, 0) is 19.0 Å². The SMILES string of the molecule is CCS(=O)(=NS(=O)(=O)Cl)c1ccc(C)cc1. The molecular formula is C9H12ClNO3S2. The minimum atomic E-state index is -4.13. The fraction of sp³-hybridized carbons (Fsp3) is 0.333. The third-order valence-electron chi connectivity index (χ3n) is 1.99. The summed E-state index contributed by atoms with van der Waals surface area (Å²) in [5.74, 6) is 0.0992. The number of benzene rings is 1. The van der Waals surface area contributed by atoms with Crippen LogP contribution in [0.1, 0.15) is 12.5 Å². The molecular weight excluding hydrogens is 270 g/mol. The summed E-state index contributed by atoms with van der Waals surface area (Å²) in [4.78, 5) is 0.379. The van der Waals surface area contributed by atoms with Crippen molar-refractivity contribution in [2.45, 2.75) is 18.7 Å². The molecule has 1 aromatic rings. The molecule has 7 heteroatoms. The molecule has 0 aliphatic heterocycles. The van der Waals surface area contributed by atoms with Gasteiger partial charge in [-0.3, -0.25) is 0 Å². The van der Waals surface area contributed by atoms with E-state index in [-0.39, 0.29) is 5.75 Å². The Bertz CT molecular complexity index is 584. The van der Waals surface area contributed by atoms with Gasteiger partial charge in [0, 0.05) is 21.3 Å². The van der Waals surface area contributed by atoms with Gasteiger partial charge in [0.15, 0.2) is 0 Å². The van der Waals surface area contributed by atoms with Crippen LogP contribution in [-0.4, -0.2) is 18.4 Å². The van der Waals surface area contributed by atoms with E-state index in [9.17, 15) is 12.6 Å². The molecule has 0 amide bonds. The topological polar surface area (TPSA) is 63.6 Å². The molecule has 0 saturated carbocycles. The number of hydrogen-bond acceptors (Lipinski definition) is 3. The standard InChI is InChI=1S/C9H12ClNO3S2/c1-3-15(12,11-16(10,13)14)9-6-4-8(2)5-7-9/h4-7H,3H2,1-2H3.